The molecule has 0 aromatic heterocycles. The van der Waals surface area contributed by atoms with Gasteiger partial charge < -0.3 is 5.32 Å². The van der Waals surface area contributed by atoms with E-state index in [4.69, 9.17) is 0 Å². The summed E-state index contributed by atoms with van der Waals surface area (Å²) in [6.07, 6.45) is 0.968. The monoisotopic (exact) mass is 239 g/mol. The Hall–Kier alpha value is -0.960. The van der Waals surface area contributed by atoms with Crippen molar-refractivity contribution in [2.75, 3.05) is 6.54 Å². The van der Waals surface area contributed by atoms with Gasteiger partial charge in [0.1, 0.15) is 11.6 Å². The summed E-state index contributed by atoms with van der Waals surface area (Å²) in [5.74, 6) is -0.475. The Balaban J connectivity index is 2.08. The van der Waals surface area contributed by atoms with E-state index in [0.29, 0.717) is 17.5 Å². The molecule has 0 aliphatic heterocycles. The summed E-state index contributed by atoms with van der Waals surface area (Å²) in [6, 6.07) is 4.35. The van der Waals surface area contributed by atoms with E-state index in [9.17, 15) is 8.78 Å². The maximum atomic E-state index is 13.7. The van der Waals surface area contributed by atoms with Gasteiger partial charge in [-0.3, -0.25) is 0 Å². The van der Waals surface area contributed by atoms with Crippen LogP contribution in [0.15, 0.2) is 18.2 Å². The average molecular weight is 239 g/mol. The first kappa shape index (κ1) is 12.5. The minimum absolute atomic E-state index is 0.125. The highest BCUT2D eigenvalue weighted by Gasteiger charge is 2.51. The zero-order valence-electron chi connectivity index (χ0n) is 10.6. The summed E-state index contributed by atoms with van der Waals surface area (Å²) in [4.78, 5) is 0. The van der Waals surface area contributed by atoms with Crippen molar-refractivity contribution in [2.45, 2.75) is 38.6 Å². The van der Waals surface area contributed by atoms with Gasteiger partial charge in [-0.1, -0.05) is 26.8 Å². The van der Waals surface area contributed by atoms with Crippen molar-refractivity contribution in [1.82, 2.24) is 5.32 Å². The molecule has 2 rings (SSSR count). The molecule has 1 aromatic rings. The van der Waals surface area contributed by atoms with E-state index in [0.717, 1.165) is 19.0 Å². The van der Waals surface area contributed by atoms with E-state index >= 15 is 0 Å². The molecule has 1 aliphatic carbocycles. The minimum atomic E-state index is -0.507. The summed E-state index contributed by atoms with van der Waals surface area (Å²) in [5.41, 5.74) is 0.522. The summed E-state index contributed by atoms with van der Waals surface area (Å²) >= 11 is 0. The lowest BCUT2D eigenvalue weighted by Gasteiger charge is -2.14. The van der Waals surface area contributed by atoms with Gasteiger partial charge in [-0.25, -0.2) is 8.78 Å². The standard InChI is InChI=1S/C14H19F2N/c1-9(2)17-8-10-7-14(10,3)12-5-4-11(15)6-13(12)16/h4-6,9-10,17H,7-8H2,1-3H3. The molecule has 1 saturated carbocycles. The summed E-state index contributed by atoms with van der Waals surface area (Å²) in [5, 5.41) is 3.37. The molecule has 1 aliphatic rings. The van der Waals surface area contributed by atoms with E-state index in [1.807, 2.05) is 0 Å². The molecular weight excluding hydrogens is 220 g/mol. The van der Waals surface area contributed by atoms with Crippen molar-refractivity contribution in [2.24, 2.45) is 5.92 Å². The molecule has 0 bridgehead atoms. The van der Waals surface area contributed by atoms with Crippen LogP contribution in [0.1, 0.15) is 32.8 Å². The number of benzene rings is 1. The fraction of sp³-hybridized carbons (Fsp3) is 0.571. The van der Waals surface area contributed by atoms with Gasteiger partial charge in [0.25, 0.3) is 0 Å². The maximum absolute atomic E-state index is 13.7. The topological polar surface area (TPSA) is 12.0 Å². The Morgan fingerprint density at radius 3 is 2.71 bits per heavy atom. The van der Waals surface area contributed by atoms with Crippen LogP contribution in [0.4, 0.5) is 8.78 Å². The quantitative estimate of drug-likeness (QED) is 0.850. The van der Waals surface area contributed by atoms with Gasteiger partial charge in [0, 0.05) is 12.1 Å². The molecule has 0 spiro atoms. The first-order chi connectivity index (χ1) is 7.93. The maximum Gasteiger partial charge on any atom is 0.129 e. The van der Waals surface area contributed by atoms with Crippen molar-refractivity contribution in [3.05, 3.63) is 35.4 Å². The number of hydrogen-bond donors (Lipinski definition) is 1. The average Bonchev–Trinajstić information content (AvgIpc) is 2.87. The van der Waals surface area contributed by atoms with Gasteiger partial charge in [0.15, 0.2) is 0 Å². The predicted molar refractivity (Wildman–Crippen MR) is 65.0 cm³/mol. The normalized spacial score (nSPS) is 27.5. The Morgan fingerprint density at radius 2 is 2.12 bits per heavy atom. The molecule has 17 heavy (non-hydrogen) atoms. The Kier molecular flexibility index (Phi) is 3.21. The van der Waals surface area contributed by atoms with Crippen molar-refractivity contribution in [1.29, 1.82) is 0 Å². The van der Waals surface area contributed by atoms with Gasteiger partial charge in [-0.15, -0.1) is 0 Å². The summed E-state index contributed by atoms with van der Waals surface area (Å²) in [6.45, 7) is 7.14. The first-order valence-electron chi connectivity index (χ1n) is 6.12. The summed E-state index contributed by atoms with van der Waals surface area (Å²) in [7, 11) is 0. The van der Waals surface area contributed by atoms with Gasteiger partial charge in [-0.2, -0.15) is 0 Å². The van der Waals surface area contributed by atoms with Gasteiger partial charge >= 0.3 is 0 Å². The second-order valence-electron chi connectivity index (χ2n) is 5.51. The largest absolute Gasteiger partial charge is 0.314 e. The van der Waals surface area contributed by atoms with Crippen molar-refractivity contribution in [3.8, 4) is 0 Å². The van der Waals surface area contributed by atoms with E-state index in [1.54, 1.807) is 6.07 Å². The first-order valence-corrected chi connectivity index (χ1v) is 6.12. The van der Waals surface area contributed by atoms with Crippen molar-refractivity contribution in [3.63, 3.8) is 0 Å². The lowest BCUT2D eigenvalue weighted by Crippen LogP contribution is -2.27. The summed E-state index contributed by atoms with van der Waals surface area (Å²) < 4.78 is 26.6. The zero-order chi connectivity index (χ0) is 12.6. The highest BCUT2D eigenvalue weighted by molar-refractivity contribution is 5.34. The third-order valence-electron chi connectivity index (χ3n) is 3.73. The Morgan fingerprint density at radius 1 is 1.41 bits per heavy atom. The lowest BCUT2D eigenvalue weighted by atomic mass is 9.94. The minimum Gasteiger partial charge on any atom is -0.314 e. The predicted octanol–water partition coefficient (Wildman–Crippen LogP) is 3.24. The molecular formula is C14H19F2N. The van der Waals surface area contributed by atoms with Crippen molar-refractivity contribution < 1.29 is 8.78 Å². The molecule has 1 nitrogen and oxygen atoms in total. The third-order valence-corrected chi connectivity index (χ3v) is 3.73. The van der Waals surface area contributed by atoms with Crippen LogP contribution < -0.4 is 5.32 Å². The second-order valence-corrected chi connectivity index (χ2v) is 5.51. The highest BCUT2D eigenvalue weighted by atomic mass is 19.1. The van der Waals surface area contributed by atoms with E-state index in [2.05, 4.69) is 26.1 Å². The molecule has 1 N–H and O–H groups in total. The van der Waals surface area contributed by atoms with E-state index in [1.165, 1.54) is 6.07 Å². The molecule has 1 fully saturated rings. The van der Waals surface area contributed by atoms with Crippen LogP contribution in [0, 0.1) is 17.6 Å². The molecule has 0 amide bonds. The molecule has 0 radical (unpaired) electrons. The van der Waals surface area contributed by atoms with Crippen LogP contribution in [0.2, 0.25) is 0 Å². The van der Waals surface area contributed by atoms with Crippen LogP contribution in [0.5, 0.6) is 0 Å². The zero-order valence-corrected chi connectivity index (χ0v) is 10.6. The Bertz CT molecular complexity index is 417. The van der Waals surface area contributed by atoms with E-state index in [-0.39, 0.29) is 5.41 Å². The number of hydrogen-bond acceptors (Lipinski definition) is 1. The molecule has 2 atom stereocenters. The van der Waals surface area contributed by atoms with Crippen LogP contribution >= 0.6 is 0 Å². The molecule has 2 unspecified atom stereocenters. The van der Waals surface area contributed by atoms with Crippen LogP contribution in [-0.2, 0) is 5.41 Å². The molecule has 1 aromatic carbocycles. The number of halogens is 2. The smallest absolute Gasteiger partial charge is 0.129 e. The Labute approximate surface area is 101 Å². The van der Waals surface area contributed by atoms with Gasteiger partial charge in [-0.05, 0) is 35.9 Å². The van der Waals surface area contributed by atoms with Gasteiger partial charge in [0.2, 0.25) is 0 Å². The molecule has 94 valence electrons. The lowest BCUT2D eigenvalue weighted by molar-refractivity contribution is 0.508. The number of nitrogens with one attached hydrogen (secondary N) is 1. The fourth-order valence-corrected chi connectivity index (χ4v) is 2.41. The highest BCUT2D eigenvalue weighted by Crippen LogP contribution is 2.54. The number of rotatable bonds is 4. The fourth-order valence-electron chi connectivity index (χ4n) is 2.41. The SMILES string of the molecule is CC(C)NCC1CC1(C)c1ccc(F)cc1F. The van der Waals surface area contributed by atoms with E-state index < -0.39 is 11.6 Å². The second kappa shape index (κ2) is 4.37. The van der Waals surface area contributed by atoms with Crippen LogP contribution in [0.3, 0.4) is 0 Å². The van der Waals surface area contributed by atoms with Crippen LogP contribution in [-0.4, -0.2) is 12.6 Å². The molecule has 0 saturated heterocycles. The molecule has 3 heteroatoms. The molecule has 0 heterocycles. The van der Waals surface area contributed by atoms with Gasteiger partial charge in [0.05, 0.1) is 0 Å². The third kappa shape index (κ3) is 2.49. The van der Waals surface area contributed by atoms with Crippen LogP contribution in [0.25, 0.3) is 0 Å². The van der Waals surface area contributed by atoms with Crippen molar-refractivity contribution >= 4 is 0 Å².